The molecule has 0 aliphatic heterocycles. The molecule has 18 heavy (non-hydrogen) atoms. The highest BCUT2D eigenvalue weighted by molar-refractivity contribution is 6.33. The summed E-state index contributed by atoms with van der Waals surface area (Å²) in [5, 5.41) is 9.20. The van der Waals surface area contributed by atoms with Crippen LogP contribution in [0.1, 0.15) is 6.92 Å². The zero-order valence-electron chi connectivity index (χ0n) is 9.86. The largest absolute Gasteiger partial charge is 0.370 e. The molecule has 0 aliphatic rings. The standard InChI is InChI=1S/C11H13ClN4O2/c1-3-5-16-11(18)10(8(12)6-15-16)14-7-9(17)13-4-2/h1,6,14H,4-5,7H2,2H3,(H,13,17). The summed E-state index contributed by atoms with van der Waals surface area (Å²) in [6.07, 6.45) is 6.42. The first-order chi connectivity index (χ1) is 8.60. The third kappa shape index (κ3) is 3.50. The Kier molecular flexibility index (Phi) is 5.21. The lowest BCUT2D eigenvalue weighted by molar-refractivity contribution is -0.119. The summed E-state index contributed by atoms with van der Waals surface area (Å²) in [7, 11) is 0. The average Bonchev–Trinajstić information content (AvgIpc) is 2.33. The summed E-state index contributed by atoms with van der Waals surface area (Å²) in [4.78, 5) is 23.2. The van der Waals surface area contributed by atoms with E-state index in [4.69, 9.17) is 18.0 Å². The lowest BCUT2D eigenvalue weighted by atomic mass is 10.4. The average molecular weight is 269 g/mol. The number of hydrogen-bond donors (Lipinski definition) is 2. The number of aromatic nitrogens is 2. The van der Waals surface area contributed by atoms with Gasteiger partial charge in [0.2, 0.25) is 5.91 Å². The molecule has 0 saturated heterocycles. The van der Waals surface area contributed by atoms with Crippen molar-refractivity contribution in [2.75, 3.05) is 18.4 Å². The Morgan fingerprint density at radius 2 is 2.39 bits per heavy atom. The Labute approximate surface area is 109 Å². The number of carbonyl (C=O) groups is 1. The molecule has 1 aromatic heterocycles. The van der Waals surface area contributed by atoms with E-state index in [1.165, 1.54) is 6.20 Å². The van der Waals surface area contributed by atoms with Crippen molar-refractivity contribution in [3.8, 4) is 12.3 Å². The predicted molar refractivity (Wildman–Crippen MR) is 69.5 cm³/mol. The van der Waals surface area contributed by atoms with E-state index in [9.17, 15) is 9.59 Å². The summed E-state index contributed by atoms with van der Waals surface area (Å²) in [5.41, 5.74) is -0.335. The van der Waals surface area contributed by atoms with Crippen molar-refractivity contribution in [2.45, 2.75) is 13.5 Å². The first-order valence-corrected chi connectivity index (χ1v) is 5.67. The summed E-state index contributed by atoms with van der Waals surface area (Å²) in [5.74, 6) is 2.08. The molecular weight excluding hydrogens is 256 g/mol. The Bertz CT molecular complexity index is 533. The van der Waals surface area contributed by atoms with Crippen LogP contribution in [0.3, 0.4) is 0 Å². The van der Waals surface area contributed by atoms with E-state index in [0.717, 1.165) is 4.68 Å². The molecule has 1 aromatic rings. The number of rotatable bonds is 5. The molecule has 96 valence electrons. The van der Waals surface area contributed by atoms with Gasteiger partial charge < -0.3 is 10.6 Å². The van der Waals surface area contributed by atoms with Gasteiger partial charge in [-0.2, -0.15) is 5.10 Å². The van der Waals surface area contributed by atoms with Gasteiger partial charge in [-0.25, -0.2) is 4.68 Å². The molecule has 0 fully saturated rings. The number of carbonyl (C=O) groups excluding carboxylic acids is 1. The van der Waals surface area contributed by atoms with Crippen LogP contribution in [-0.4, -0.2) is 28.8 Å². The van der Waals surface area contributed by atoms with Gasteiger partial charge in [0.05, 0.1) is 17.8 Å². The lowest BCUT2D eigenvalue weighted by Gasteiger charge is -2.09. The molecule has 0 atom stereocenters. The molecule has 6 nitrogen and oxygen atoms in total. The molecule has 2 N–H and O–H groups in total. The highest BCUT2D eigenvalue weighted by atomic mass is 35.5. The fraction of sp³-hybridized carbons (Fsp3) is 0.364. The molecular formula is C11H13ClN4O2. The summed E-state index contributed by atoms with van der Waals surface area (Å²) in [6, 6.07) is 0. The highest BCUT2D eigenvalue weighted by Gasteiger charge is 2.10. The minimum atomic E-state index is -0.454. The molecule has 0 spiro atoms. The van der Waals surface area contributed by atoms with Gasteiger partial charge in [-0.3, -0.25) is 9.59 Å². The first kappa shape index (κ1) is 14.1. The van der Waals surface area contributed by atoms with Gasteiger partial charge in [0.25, 0.3) is 5.56 Å². The second-order valence-electron chi connectivity index (χ2n) is 3.34. The van der Waals surface area contributed by atoms with Crippen molar-refractivity contribution in [3.05, 3.63) is 21.6 Å². The second kappa shape index (κ2) is 6.67. The maximum Gasteiger partial charge on any atom is 0.292 e. The maximum atomic E-state index is 11.9. The van der Waals surface area contributed by atoms with E-state index >= 15 is 0 Å². The Morgan fingerprint density at radius 1 is 1.67 bits per heavy atom. The topological polar surface area (TPSA) is 76.0 Å². The van der Waals surface area contributed by atoms with E-state index in [2.05, 4.69) is 21.7 Å². The van der Waals surface area contributed by atoms with Crippen molar-refractivity contribution >= 4 is 23.2 Å². The molecule has 0 aromatic carbocycles. The van der Waals surface area contributed by atoms with Gasteiger partial charge in [-0.05, 0) is 6.92 Å². The van der Waals surface area contributed by atoms with Gasteiger partial charge in [-0.1, -0.05) is 17.5 Å². The van der Waals surface area contributed by atoms with Crippen LogP contribution in [-0.2, 0) is 11.3 Å². The SMILES string of the molecule is C#CCn1ncc(Cl)c(NCC(=O)NCC)c1=O. The van der Waals surface area contributed by atoms with E-state index in [1.54, 1.807) is 6.92 Å². The van der Waals surface area contributed by atoms with E-state index < -0.39 is 5.56 Å². The number of nitrogens with zero attached hydrogens (tertiary/aromatic N) is 2. The van der Waals surface area contributed by atoms with Crippen LogP contribution in [0, 0.1) is 12.3 Å². The Balaban J connectivity index is 2.88. The van der Waals surface area contributed by atoms with Crippen LogP contribution in [0.4, 0.5) is 5.69 Å². The van der Waals surface area contributed by atoms with E-state index in [1.807, 2.05) is 0 Å². The Morgan fingerprint density at radius 3 is 3.00 bits per heavy atom. The first-order valence-electron chi connectivity index (χ1n) is 5.29. The zero-order chi connectivity index (χ0) is 13.5. The minimum Gasteiger partial charge on any atom is -0.370 e. The van der Waals surface area contributed by atoms with Crippen molar-refractivity contribution in [1.82, 2.24) is 15.1 Å². The van der Waals surface area contributed by atoms with Gasteiger partial charge in [-0.15, -0.1) is 6.42 Å². The van der Waals surface area contributed by atoms with Crippen LogP contribution >= 0.6 is 11.6 Å². The third-order valence-electron chi connectivity index (χ3n) is 2.04. The number of likely N-dealkylation sites (N-methyl/N-ethyl adjacent to an activating group) is 1. The van der Waals surface area contributed by atoms with Gasteiger partial charge in [0.15, 0.2) is 0 Å². The number of anilines is 1. The van der Waals surface area contributed by atoms with E-state index in [-0.39, 0.29) is 29.7 Å². The fourth-order valence-electron chi connectivity index (χ4n) is 1.26. The molecule has 7 heteroatoms. The van der Waals surface area contributed by atoms with Crippen molar-refractivity contribution in [3.63, 3.8) is 0 Å². The molecule has 0 saturated carbocycles. The maximum absolute atomic E-state index is 11.9. The minimum absolute atomic E-state index is 0.0388. The van der Waals surface area contributed by atoms with E-state index in [0.29, 0.717) is 6.54 Å². The molecule has 1 amide bonds. The second-order valence-corrected chi connectivity index (χ2v) is 3.75. The third-order valence-corrected chi connectivity index (χ3v) is 2.32. The van der Waals surface area contributed by atoms with Gasteiger partial charge in [0.1, 0.15) is 12.2 Å². The number of amides is 1. The molecule has 1 heterocycles. The molecule has 1 rings (SSSR count). The zero-order valence-corrected chi connectivity index (χ0v) is 10.6. The van der Waals surface area contributed by atoms with Crippen LogP contribution in [0.25, 0.3) is 0 Å². The Hall–Kier alpha value is -2.00. The van der Waals surface area contributed by atoms with Gasteiger partial charge >= 0.3 is 0 Å². The molecule has 0 unspecified atom stereocenters. The molecule has 0 bridgehead atoms. The van der Waals surface area contributed by atoms with Gasteiger partial charge in [0, 0.05) is 6.54 Å². The number of halogens is 1. The smallest absolute Gasteiger partial charge is 0.292 e. The highest BCUT2D eigenvalue weighted by Crippen LogP contribution is 2.14. The molecule has 0 radical (unpaired) electrons. The number of terminal acetylenes is 1. The molecule has 0 aliphatic carbocycles. The monoisotopic (exact) mass is 268 g/mol. The van der Waals surface area contributed by atoms with Crippen molar-refractivity contribution in [1.29, 1.82) is 0 Å². The fourth-order valence-corrected chi connectivity index (χ4v) is 1.45. The van der Waals surface area contributed by atoms with Crippen LogP contribution in [0.2, 0.25) is 5.02 Å². The quantitative estimate of drug-likeness (QED) is 0.742. The van der Waals surface area contributed by atoms with Crippen LogP contribution in [0.15, 0.2) is 11.0 Å². The normalized spacial score (nSPS) is 9.61. The number of hydrogen-bond acceptors (Lipinski definition) is 4. The lowest BCUT2D eigenvalue weighted by Crippen LogP contribution is -2.32. The van der Waals surface area contributed by atoms with Crippen molar-refractivity contribution < 1.29 is 4.79 Å². The van der Waals surface area contributed by atoms with Crippen LogP contribution < -0.4 is 16.2 Å². The summed E-state index contributed by atoms with van der Waals surface area (Å²) < 4.78 is 1.09. The van der Waals surface area contributed by atoms with Crippen molar-refractivity contribution in [2.24, 2.45) is 0 Å². The predicted octanol–water partition coefficient (Wildman–Crippen LogP) is 0.0779. The summed E-state index contributed by atoms with van der Waals surface area (Å²) >= 11 is 5.84. The van der Waals surface area contributed by atoms with Crippen LogP contribution in [0.5, 0.6) is 0 Å². The summed E-state index contributed by atoms with van der Waals surface area (Å²) in [6.45, 7) is 2.33. The number of nitrogens with one attached hydrogen (secondary N) is 2.